The molecular weight excluding hydrogens is 340 g/mol. The predicted octanol–water partition coefficient (Wildman–Crippen LogP) is 3.63. The van der Waals surface area contributed by atoms with E-state index in [2.05, 4.69) is 13.8 Å². The molecule has 2 rings (SSSR count). The summed E-state index contributed by atoms with van der Waals surface area (Å²) in [4.78, 5) is 26.1. The Morgan fingerprint density at radius 3 is 2.37 bits per heavy atom. The van der Waals surface area contributed by atoms with Gasteiger partial charge in [-0.15, -0.1) is 0 Å². The lowest BCUT2D eigenvalue weighted by atomic mass is 10.1. The van der Waals surface area contributed by atoms with Crippen molar-refractivity contribution >= 4 is 11.8 Å². The summed E-state index contributed by atoms with van der Waals surface area (Å²) >= 11 is 0. The van der Waals surface area contributed by atoms with Crippen LogP contribution in [0.15, 0.2) is 54.6 Å². The monoisotopic (exact) mass is 368 g/mol. The number of nitrogens with zero attached hydrogens (tertiary/aromatic N) is 1. The Bertz CT molecular complexity index is 744. The Balaban J connectivity index is 2.19. The summed E-state index contributed by atoms with van der Waals surface area (Å²) in [6.07, 6.45) is 1.03. The second-order valence-electron chi connectivity index (χ2n) is 6.96. The van der Waals surface area contributed by atoms with Crippen molar-refractivity contribution in [1.29, 1.82) is 0 Å². The molecule has 0 aliphatic rings. The topological polar surface area (TPSA) is 72.6 Å². The highest BCUT2D eigenvalue weighted by Gasteiger charge is 2.20. The van der Waals surface area contributed by atoms with Gasteiger partial charge < -0.3 is 15.4 Å². The molecule has 0 aliphatic carbocycles. The summed E-state index contributed by atoms with van der Waals surface area (Å²) in [7, 11) is 0. The fraction of sp³-hybridized carbons (Fsp3) is 0.364. The third-order valence-electron chi connectivity index (χ3n) is 4.20. The summed E-state index contributed by atoms with van der Waals surface area (Å²) < 4.78 is 5.86. The van der Waals surface area contributed by atoms with Gasteiger partial charge >= 0.3 is 0 Å². The van der Waals surface area contributed by atoms with Crippen LogP contribution in [0.3, 0.4) is 0 Å². The van der Waals surface area contributed by atoms with Crippen LogP contribution in [0.1, 0.15) is 42.6 Å². The van der Waals surface area contributed by atoms with Crippen LogP contribution in [0.2, 0.25) is 0 Å². The first kappa shape index (κ1) is 20.5. The molecule has 5 nitrogen and oxygen atoms in total. The van der Waals surface area contributed by atoms with E-state index in [4.69, 9.17) is 10.5 Å². The molecule has 2 amide bonds. The smallest absolute Gasteiger partial charge is 0.257 e. The lowest BCUT2D eigenvalue weighted by molar-refractivity contribution is -0.118. The molecule has 0 aliphatic heterocycles. The number of amides is 2. The first-order chi connectivity index (χ1) is 13.0. The minimum atomic E-state index is -0.428. The molecule has 144 valence electrons. The van der Waals surface area contributed by atoms with Crippen LogP contribution < -0.4 is 10.5 Å². The standard InChI is InChI=1S/C22H28N2O3/c1-17(2)13-15-27-20-11-7-6-10-19(20)22(26)24(14-12-21(23)25)16-18-8-4-3-5-9-18/h3-11,17H,12-16H2,1-2H3,(H2,23,25). The maximum absolute atomic E-state index is 13.2. The second kappa shape index (κ2) is 10.4. The number of carbonyl (C=O) groups is 2. The van der Waals surface area contributed by atoms with Crippen molar-refractivity contribution in [2.45, 2.75) is 33.2 Å². The Labute approximate surface area is 161 Å². The van der Waals surface area contributed by atoms with Crippen molar-refractivity contribution in [3.63, 3.8) is 0 Å². The second-order valence-corrected chi connectivity index (χ2v) is 6.96. The molecule has 0 fully saturated rings. The Morgan fingerprint density at radius 1 is 1.04 bits per heavy atom. The highest BCUT2D eigenvalue weighted by Crippen LogP contribution is 2.22. The normalized spacial score (nSPS) is 10.6. The van der Waals surface area contributed by atoms with E-state index in [0.29, 0.717) is 30.4 Å². The van der Waals surface area contributed by atoms with E-state index in [1.807, 2.05) is 48.5 Å². The van der Waals surface area contributed by atoms with Gasteiger partial charge in [0.1, 0.15) is 5.75 Å². The minimum Gasteiger partial charge on any atom is -0.493 e. The van der Waals surface area contributed by atoms with Crippen LogP contribution in [-0.2, 0) is 11.3 Å². The molecule has 0 saturated heterocycles. The van der Waals surface area contributed by atoms with E-state index in [1.54, 1.807) is 11.0 Å². The van der Waals surface area contributed by atoms with Gasteiger partial charge in [0, 0.05) is 19.5 Å². The van der Waals surface area contributed by atoms with Crippen LogP contribution in [0.4, 0.5) is 0 Å². The quantitative estimate of drug-likeness (QED) is 0.696. The van der Waals surface area contributed by atoms with E-state index in [1.165, 1.54) is 0 Å². The predicted molar refractivity (Wildman–Crippen MR) is 106 cm³/mol. The molecule has 0 saturated carbocycles. The van der Waals surface area contributed by atoms with Crippen LogP contribution in [0, 0.1) is 5.92 Å². The number of carbonyl (C=O) groups excluding carboxylic acids is 2. The van der Waals surface area contributed by atoms with Crippen molar-refractivity contribution in [3.05, 3.63) is 65.7 Å². The first-order valence-electron chi connectivity index (χ1n) is 9.30. The average molecular weight is 368 g/mol. The van der Waals surface area contributed by atoms with Gasteiger partial charge in [0.2, 0.25) is 5.91 Å². The summed E-state index contributed by atoms with van der Waals surface area (Å²) in [5.41, 5.74) is 6.79. The van der Waals surface area contributed by atoms with Gasteiger partial charge in [-0.1, -0.05) is 56.3 Å². The summed E-state index contributed by atoms with van der Waals surface area (Å²) in [6.45, 7) is 5.50. The van der Waals surface area contributed by atoms with Gasteiger partial charge in [-0.3, -0.25) is 9.59 Å². The fourth-order valence-electron chi connectivity index (χ4n) is 2.65. The van der Waals surface area contributed by atoms with Gasteiger partial charge in [-0.25, -0.2) is 0 Å². The molecule has 0 atom stereocenters. The molecule has 2 aromatic rings. The van der Waals surface area contributed by atoms with Crippen LogP contribution in [-0.4, -0.2) is 29.9 Å². The number of hydrogen-bond acceptors (Lipinski definition) is 3. The number of ether oxygens (including phenoxy) is 1. The van der Waals surface area contributed by atoms with E-state index < -0.39 is 5.91 Å². The van der Waals surface area contributed by atoms with Crippen molar-refractivity contribution in [3.8, 4) is 5.75 Å². The highest BCUT2D eigenvalue weighted by molar-refractivity contribution is 5.97. The zero-order chi connectivity index (χ0) is 19.6. The van der Waals surface area contributed by atoms with Gasteiger partial charge in [0.05, 0.1) is 12.2 Å². The number of rotatable bonds is 10. The van der Waals surface area contributed by atoms with E-state index >= 15 is 0 Å². The van der Waals surface area contributed by atoms with Crippen molar-refractivity contribution in [1.82, 2.24) is 4.90 Å². The van der Waals surface area contributed by atoms with E-state index in [-0.39, 0.29) is 18.9 Å². The molecule has 0 spiro atoms. The zero-order valence-electron chi connectivity index (χ0n) is 16.1. The van der Waals surface area contributed by atoms with Gasteiger partial charge in [-0.05, 0) is 30.0 Å². The summed E-state index contributed by atoms with van der Waals surface area (Å²) in [5.74, 6) is 0.501. The van der Waals surface area contributed by atoms with Crippen LogP contribution >= 0.6 is 0 Å². The lowest BCUT2D eigenvalue weighted by Gasteiger charge is -2.23. The molecule has 27 heavy (non-hydrogen) atoms. The van der Waals surface area contributed by atoms with Gasteiger partial charge in [0.25, 0.3) is 5.91 Å². The zero-order valence-corrected chi connectivity index (χ0v) is 16.1. The van der Waals surface area contributed by atoms with E-state index in [9.17, 15) is 9.59 Å². The lowest BCUT2D eigenvalue weighted by Crippen LogP contribution is -2.34. The number of benzene rings is 2. The fourth-order valence-corrected chi connectivity index (χ4v) is 2.65. The van der Waals surface area contributed by atoms with Crippen molar-refractivity contribution in [2.75, 3.05) is 13.2 Å². The Hall–Kier alpha value is -2.82. The highest BCUT2D eigenvalue weighted by atomic mass is 16.5. The van der Waals surface area contributed by atoms with Gasteiger partial charge in [-0.2, -0.15) is 0 Å². The minimum absolute atomic E-state index is 0.120. The number of nitrogens with two attached hydrogens (primary N) is 1. The third-order valence-corrected chi connectivity index (χ3v) is 4.20. The average Bonchev–Trinajstić information content (AvgIpc) is 2.65. The number of primary amides is 1. The van der Waals surface area contributed by atoms with Crippen LogP contribution in [0.25, 0.3) is 0 Å². The van der Waals surface area contributed by atoms with Crippen molar-refractivity contribution < 1.29 is 14.3 Å². The Morgan fingerprint density at radius 2 is 1.70 bits per heavy atom. The largest absolute Gasteiger partial charge is 0.493 e. The molecule has 2 aromatic carbocycles. The molecular formula is C22H28N2O3. The first-order valence-corrected chi connectivity index (χ1v) is 9.30. The maximum Gasteiger partial charge on any atom is 0.257 e. The molecule has 0 heterocycles. The third kappa shape index (κ3) is 6.77. The van der Waals surface area contributed by atoms with Crippen molar-refractivity contribution in [2.24, 2.45) is 11.7 Å². The van der Waals surface area contributed by atoms with E-state index in [0.717, 1.165) is 12.0 Å². The number of para-hydroxylation sites is 1. The molecule has 0 bridgehead atoms. The maximum atomic E-state index is 13.2. The Kier molecular flexibility index (Phi) is 7.86. The molecule has 0 aromatic heterocycles. The molecule has 0 radical (unpaired) electrons. The van der Waals surface area contributed by atoms with Gasteiger partial charge in [0.15, 0.2) is 0 Å². The number of hydrogen-bond donors (Lipinski definition) is 1. The molecule has 0 unspecified atom stereocenters. The molecule has 5 heteroatoms. The molecule has 2 N–H and O–H groups in total. The summed E-state index contributed by atoms with van der Waals surface area (Å²) in [6, 6.07) is 16.9. The summed E-state index contributed by atoms with van der Waals surface area (Å²) in [5, 5.41) is 0. The van der Waals surface area contributed by atoms with Crippen LogP contribution in [0.5, 0.6) is 5.75 Å². The SMILES string of the molecule is CC(C)CCOc1ccccc1C(=O)N(CCC(N)=O)Cc1ccccc1.